The van der Waals surface area contributed by atoms with Gasteiger partial charge in [-0.1, -0.05) is 13.8 Å². The van der Waals surface area contributed by atoms with Crippen LogP contribution in [0.3, 0.4) is 0 Å². The number of nitrogen functional groups attached to an aromatic ring is 1. The molecule has 0 aliphatic carbocycles. The first-order valence-corrected chi connectivity index (χ1v) is 7.66. The third-order valence-corrected chi connectivity index (χ3v) is 4.41. The van der Waals surface area contributed by atoms with Crippen molar-refractivity contribution in [3.63, 3.8) is 0 Å². The van der Waals surface area contributed by atoms with E-state index in [0.717, 1.165) is 37.5 Å². The SMILES string of the molecule is CC(C)C1CCN(C(=O)c2cc(N)cn2C(C)C)CC1. The Hall–Kier alpha value is -1.45. The van der Waals surface area contributed by atoms with Gasteiger partial charge in [-0.2, -0.15) is 0 Å². The normalized spacial score (nSPS) is 17.2. The molecule has 2 N–H and O–H groups in total. The van der Waals surface area contributed by atoms with Crippen LogP contribution in [-0.4, -0.2) is 28.5 Å². The van der Waals surface area contributed by atoms with Gasteiger partial charge in [-0.15, -0.1) is 0 Å². The van der Waals surface area contributed by atoms with E-state index in [4.69, 9.17) is 5.73 Å². The van der Waals surface area contributed by atoms with E-state index >= 15 is 0 Å². The maximum Gasteiger partial charge on any atom is 0.270 e. The van der Waals surface area contributed by atoms with Gasteiger partial charge in [0.1, 0.15) is 5.69 Å². The van der Waals surface area contributed by atoms with Crippen LogP contribution in [0.25, 0.3) is 0 Å². The summed E-state index contributed by atoms with van der Waals surface area (Å²) in [6.07, 6.45) is 4.08. The summed E-state index contributed by atoms with van der Waals surface area (Å²) in [5, 5.41) is 0. The van der Waals surface area contributed by atoms with Crippen LogP contribution in [-0.2, 0) is 0 Å². The third-order valence-electron chi connectivity index (χ3n) is 4.41. The highest BCUT2D eigenvalue weighted by Crippen LogP contribution is 2.26. The molecule has 0 unspecified atom stereocenters. The standard InChI is InChI=1S/C16H27N3O/c1-11(2)13-5-7-18(8-6-13)16(20)15-9-14(17)10-19(15)12(3)4/h9-13H,5-8,17H2,1-4H3. The zero-order valence-electron chi connectivity index (χ0n) is 13.1. The predicted molar refractivity (Wildman–Crippen MR) is 82.7 cm³/mol. The summed E-state index contributed by atoms with van der Waals surface area (Å²) in [5.74, 6) is 1.58. The van der Waals surface area contributed by atoms with Crippen LogP contribution in [0.1, 0.15) is 57.1 Å². The van der Waals surface area contributed by atoms with Gasteiger partial charge in [0, 0.05) is 25.3 Å². The number of hydrogen-bond donors (Lipinski definition) is 1. The molecule has 0 atom stereocenters. The number of amides is 1. The molecule has 0 saturated carbocycles. The minimum atomic E-state index is 0.123. The lowest BCUT2D eigenvalue weighted by Crippen LogP contribution is -2.40. The highest BCUT2D eigenvalue weighted by molar-refractivity contribution is 5.94. The fourth-order valence-electron chi connectivity index (χ4n) is 3.03. The molecule has 2 rings (SSSR count). The van der Waals surface area contributed by atoms with Crippen LogP contribution < -0.4 is 5.73 Å². The second-order valence-corrected chi connectivity index (χ2v) is 6.53. The first-order chi connectivity index (χ1) is 9.40. The van der Waals surface area contributed by atoms with Gasteiger partial charge in [0.05, 0.1) is 5.69 Å². The quantitative estimate of drug-likeness (QED) is 0.922. The van der Waals surface area contributed by atoms with Crippen molar-refractivity contribution in [1.82, 2.24) is 9.47 Å². The summed E-state index contributed by atoms with van der Waals surface area (Å²) >= 11 is 0. The van der Waals surface area contributed by atoms with Crippen molar-refractivity contribution in [3.8, 4) is 0 Å². The number of nitrogens with two attached hydrogens (primary N) is 1. The molecule has 20 heavy (non-hydrogen) atoms. The largest absolute Gasteiger partial charge is 0.397 e. The minimum Gasteiger partial charge on any atom is -0.397 e. The molecule has 1 fully saturated rings. The Kier molecular flexibility index (Phi) is 4.41. The molecule has 4 nitrogen and oxygen atoms in total. The van der Waals surface area contributed by atoms with Crippen LogP contribution in [0, 0.1) is 11.8 Å². The number of anilines is 1. The van der Waals surface area contributed by atoms with Crippen molar-refractivity contribution in [2.45, 2.75) is 46.6 Å². The average molecular weight is 277 g/mol. The molecule has 1 aromatic rings. The lowest BCUT2D eigenvalue weighted by atomic mass is 9.86. The Morgan fingerprint density at radius 1 is 1.25 bits per heavy atom. The molecule has 0 bridgehead atoms. The average Bonchev–Trinajstić information content (AvgIpc) is 2.80. The first-order valence-electron chi connectivity index (χ1n) is 7.66. The Bertz CT molecular complexity index is 468. The lowest BCUT2D eigenvalue weighted by molar-refractivity contribution is 0.0655. The highest BCUT2D eigenvalue weighted by atomic mass is 16.2. The molecular weight excluding hydrogens is 250 g/mol. The molecular formula is C16H27N3O. The van der Waals surface area contributed by atoms with E-state index in [1.807, 2.05) is 15.7 Å². The van der Waals surface area contributed by atoms with Gasteiger partial charge in [0.15, 0.2) is 0 Å². The van der Waals surface area contributed by atoms with E-state index in [0.29, 0.717) is 11.6 Å². The summed E-state index contributed by atoms with van der Waals surface area (Å²) < 4.78 is 1.98. The zero-order valence-corrected chi connectivity index (χ0v) is 13.1. The third kappa shape index (κ3) is 3.00. The number of nitrogens with zero attached hydrogens (tertiary/aromatic N) is 2. The minimum absolute atomic E-state index is 0.123. The summed E-state index contributed by atoms with van der Waals surface area (Å²) in [7, 11) is 0. The van der Waals surface area contributed by atoms with Crippen molar-refractivity contribution in [3.05, 3.63) is 18.0 Å². The Balaban J connectivity index is 2.09. The van der Waals surface area contributed by atoms with Gasteiger partial charge < -0.3 is 15.2 Å². The van der Waals surface area contributed by atoms with Gasteiger partial charge in [0.25, 0.3) is 5.91 Å². The van der Waals surface area contributed by atoms with Gasteiger partial charge >= 0.3 is 0 Å². The van der Waals surface area contributed by atoms with Crippen LogP contribution >= 0.6 is 0 Å². The zero-order chi connectivity index (χ0) is 14.9. The van der Waals surface area contributed by atoms with Crippen molar-refractivity contribution < 1.29 is 4.79 Å². The van der Waals surface area contributed by atoms with E-state index < -0.39 is 0 Å². The highest BCUT2D eigenvalue weighted by Gasteiger charge is 2.27. The maximum absolute atomic E-state index is 12.7. The number of rotatable bonds is 3. The van der Waals surface area contributed by atoms with E-state index in [9.17, 15) is 4.79 Å². The molecule has 112 valence electrons. The Labute approximate surface area is 121 Å². The van der Waals surface area contributed by atoms with Crippen LogP contribution in [0.5, 0.6) is 0 Å². The first kappa shape index (κ1) is 14.9. The summed E-state index contributed by atoms with van der Waals surface area (Å²) in [5.41, 5.74) is 7.24. The number of aromatic nitrogens is 1. The van der Waals surface area contributed by atoms with Crippen molar-refractivity contribution >= 4 is 11.6 Å². The predicted octanol–water partition coefficient (Wildman–Crippen LogP) is 3.16. The van der Waals surface area contributed by atoms with Gasteiger partial charge in [-0.05, 0) is 44.6 Å². The molecule has 1 aliphatic heterocycles. The molecule has 1 aromatic heterocycles. The number of carbonyl (C=O) groups excluding carboxylic acids is 1. The fourth-order valence-corrected chi connectivity index (χ4v) is 3.03. The summed E-state index contributed by atoms with van der Waals surface area (Å²) in [4.78, 5) is 14.6. The molecule has 0 radical (unpaired) electrons. The lowest BCUT2D eigenvalue weighted by Gasteiger charge is -2.34. The van der Waals surface area contributed by atoms with Gasteiger partial charge in [-0.25, -0.2) is 0 Å². The molecule has 1 saturated heterocycles. The number of carbonyl (C=O) groups is 1. The molecule has 4 heteroatoms. The molecule has 0 aromatic carbocycles. The van der Waals surface area contributed by atoms with Crippen molar-refractivity contribution in [2.24, 2.45) is 11.8 Å². The van der Waals surface area contributed by atoms with Gasteiger partial charge in [0.2, 0.25) is 0 Å². The van der Waals surface area contributed by atoms with Crippen LogP contribution in [0.2, 0.25) is 0 Å². The van der Waals surface area contributed by atoms with E-state index in [2.05, 4.69) is 27.7 Å². The summed E-state index contributed by atoms with van der Waals surface area (Å²) in [6, 6.07) is 2.05. The van der Waals surface area contributed by atoms with Crippen LogP contribution in [0.4, 0.5) is 5.69 Å². The second kappa shape index (κ2) is 5.90. The Morgan fingerprint density at radius 2 is 1.85 bits per heavy atom. The topological polar surface area (TPSA) is 51.3 Å². The van der Waals surface area contributed by atoms with Crippen molar-refractivity contribution in [2.75, 3.05) is 18.8 Å². The van der Waals surface area contributed by atoms with Crippen LogP contribution in [0.15, 0.2) is 12.3 Å². The van der Waals surface area contributed by atoms with E-state index in [1.54, 1.807) is 6.07 Å². The molecule has 2 heterocycles. The van der Waals surface area contributed by atoms with Crippen molar-refractivity contribution in [1.29, 1.82) is 0 Å². The molecule has 0 spiro atoms. The number of piperidine rings is 1. The number of likely N-dealkylation sites (tertiary alicyclic amines) is 1. The van der Waals surface area contributed by atoms with Gasteiger partial charge in [-0.3, -0.25) is 4.79 Å². The molecule has 1 aliphatic rings. The fraction of sp³-hybridized carbons (Fsp3) is 0.688. The maximum atomic E-state index is 12.7. The Morgan fingerprint density at radius 3 is 2.35 bits per heavy atom. The smallest absolute Gasteiger partial charge is 0.270 e. The van der Waals surface area contributed by atoms with E-state index in [-0.39, 0.29) is 11.9 Å². The summed E-state index contributed by atoms with van der Waals surface area (Å²) in [6.45, 7) is 10.4. The monoisotopic (exact) mass is 277 g/mol. The second-order valence-electron chi connectivity index (χ2n) is 6.53. The number of hydrogen-bond acceptors (Lipinski definition) is 2. The van der Waals surface area contributed by atoms with E-state index in [1.165, 1.54) is 0 Å². The molecule has 1 amide bonds.